The predicted octanol–water partition coefficient (Wildman–Crippen LogP) is 2.34. The zero-order valence-electron chi connectivity index (χ0n) is 13.7. The van der Waals surface area contributed by atoms with Crippen LogP contribution in [0.4, 0.5) is 0 Å². The van der Waals surface area contributed by atoms with Crippen molar-refractivity contribution in [2.45, 2.75) is 13.0 Å². The van der Waals surface area contributed by atoms with Crippen LogP contribution >= 0.6 is 0 Å². The Balaban J connectivity index is 1.78. The highest BCUT2D eigenvalue weighted by Crippen LogP contribution is 2.10. The standard InChI is InChI=1S/C18H23N3O2/c1-21(2)12-6-11-19-18(22)15-9-10-16(20-13-15)14-23-17-7-4-3-5-8-17/h3-5,7-10,13H,6,11-12,14H2,1-2H3,(H,19,22). The molecule has 0 aliphatic heterocycles. The van der Waals surface area contributed by atoms with Crippen molar-refractivity contribution >= 4 is 5.91 Å². The van der Waals surface area contributed by atoms with Gasteiger partial charge in [-0.05, 0) is 51.3 Å². The molecule has 0 aliphatic rings. The van der Waals surface area contributed by atoms with E-state index in [1.54, 1.807) is 12.3 Å². The van der Waals surface area contributed by atoms with Gasteiger partial charge in [0.2, 0.25) is 0 Å². The first-order valence-corrected chi connectivity index (χ1v) is 7.71. The second-order valence-electron chi connectivity index (χ2n) is 5.55. The van der Waals surface area contributed by atoms with Gasteiger partial charge in [0.1, 0.15) is 12.4 Å². The monoisotopic (exact) mass is 313 g/mol. The fraction of sp³-hybridized carbons (Fsp3) is 0.333. The third-order valence-corrected chi connectivity index (χ3v) is 3.28. The van der Waals surface area contributed by atoms with Crippen LogP contribution in [0.1, 0.15) is 22.5 Å². The van der Waals surface area contributed by atoms with Gasteiger partial charge in [-0.1, -0.05) is 18.2 Å². The van der Waals surface area contributed by atoms with E-state index in [0.717, 1.165) is 24.4 Å². The molecule has 5 heteroatoms. The van der Waals surface area contributed by atoms with Crippen molar-refractivity contribution in [2.75, 3.05) is 27.2 Å². The third kappa shape index (κ3) is 6.08. The van der Waals surface area contributed by atoms with Gasteiger partial charge in [-0.2, -0.15) is 0 Å². The average molecular weight is 313 g/mol. The van der Waals surface area contributed by atoms with Gasteiger partial charge in [-0.15, -0.1) is 0 Å². The first kappa shape index (κ1) is 17.0. The molecule has 122 valence electrons. The van der Waals surface area contributed by atoms with Crippen LogP contribution in [0.3, 0.4) is 0 Å². The van der Waals surface area contributed by atoms with Gasteiger partial charge < -0.3 is 15.0 Å². The smallest absolute Gasteiger partial charge is 0.252 e. The molecule has 23 heavy (non-hydrogen) atoms. The summed E-state index contributed by atoms with van der Waals surface area (Å²) in [6.07, 6.45) is 2.51. The van der Waals surface area contributed by atoms with Crippen LogP contribution in [0, 0.1) is 0 Å². The number of carbonyl (C=O) groups is 1. The Bertz CT molecular complexity index is 597. The molecule has 0 aliphatic carbocycles. The summed E-state index contributed by atoms with van der Waals surface area (Å²) < 4.78 is 5.63. The summed E-state index contributed by atoms with van der Waals surface area (Å²) in [4.78, 5) is 18.4. The number of amides is 1. The van der Waals surface area contributed by atoms with Gasteiger partial charge >= 0.3 is 0 Å². The van der Waals surface area contributed by atoms with Crippen molar-refractivity contribution in [1.29, 1.82) is 0 Å². The first-order valence-electron chi connectivity index (χ1n) is 7.71. The SMILES string of the molecule is CN(C)CCCNC(=O)c1ccc(COc2ccccc2)nc1. The molecule has 1 aromatic carbocycles. The van der Waals surface area contributed by atoms with Crippen LogP contribution in [0.25, 0.3) is 0 Å². The third-order valence-electron chi connectivity index (χ3n) is 3.28. The van der Waals surface area contributed by atoms with E-state index in [-0.39, 0.29) is 5.91 Å². The lowest BCUT2D eigenvalue weighted by molar-refractivity contribution is 0.0952. The fourth-order valence-corrected chi connectivity index (χ4v) is 2.02. The summed E-state index contributed by atoms with van der Waals surface area (Å²) in [5, 5.41) is 2.89. The molecule has 0 saturated heterocycles. The Morgan fingerprint density at radius 1 is 1.17 bits per heavy atom. The molecule has 0 saturated carbocycles. The van der Waals surface area contributed by atoms with Crippen molar-refractivity contribution in [3.63, 3.8) is 0 Å². The number of para-hydroxylation sites is 1. The molecule has 1 N–H and O–H groups in total. The maximum atomic E-state index is 12.0. The number of pyridine rings is 1. The van der Waals surface area contributed by atoms with Crippen LogP contribution < -0.4 is 10.1 Å². The summed E-state index contributed by atoms with van der Waals surface area (Å²) in [7, 11) is 4.03. The molecule has 5 nitrogen and oxygen atoms in total. The van der Waals surface area contributed by atoms with E-state index in [1.165, 1.54) is 0 Å². The van der Waals surface area contributed by atoms with Crippen LogP contribution in [-0.2, 0) is 6.61 Å². The molecule has 0 fully saturated rings. The number of nitrogens with one attached hydrogen (secondary N) is 1. The van der Waals surface area contributed by atoms with E-state index in [4.69, 9.17) is 4.74 Å². The van der Waals surface area contributed by atoms with Gasteiger partial charge in [0.05, 0.1) is 11.3 Å². The highest BCUT2D eigenvalue weighted by atomic mass is 16.5. The topological polar surface area (TPSA) is 54.5 Å². The Morgan fingerprint density at radius 3 is 2.61 bits per heavy atom. The summed E-state index contributed by atoms with van der Waals surface area (Å²) in [6, 6.07) is 13.2. The zero-order chi connectivity index (χ0) is 16.5. The number of aromatic nitrogens is 1. The number of hydrogen-bond acceptors (Lipinski definition) is 4. The molecule has 0 atom stereocenters. The van der Waals surface area contributed by atoms with Crippen LogP contribution in [0.5, 0.6) is 5.75 Å². The number of nitrogens with zero attached hydrogens (tertiary/aromatic N) is 2. The fourth-order valence-electron chi connectivity index (χ4n) is 2.02. The minimum atomic E-state index is -0.0909. The van der Waals surface area contributed by atoms with E-state index in [9.17, 15) is 4.79 Å². The quantitative estimate of drug-likeness (QED) is 0.760. The molecule has 0 bridgehead atoms. The highest BCUT2D eigenvalue weighted by molar-refractivity contribution is 5.93. The molecule has 1 aromatic heterocycles. The minimum Gasteiger partial charge on any atom is -0.487 e. The number of ether oxygens (including phenoxy) is 1. The molecule has 1 heterocycles. The van der Waals surface area contributed by atoms with Gasteiger partial charge in [0.15, 0.2) is 0 Å². The Morgan fingerprint density at radius 2 is 1.96 bits per heavy atom. The normalized spacial score (nSPS) is 10.6. The van der Waals surface area contributed by atoms with E-state index >= 15 is 0 Å². The van der Waals surface area contributed by atoms with Gasteiger partial charge in [-0.25, -0.2) is 0 Å². The van der Waals surface area contributed by atoms with Crippen molar-refractivity contribution in [3.8, 4) is 5.75 Å². The van der Waals surface area contributed by atoms with Crippen LogP contribution in [0.15, 0.2) is 48.7 Å². The van der Waals surface area contributed by atoms with Gasteiger partial charge in [0, 0.05) is 12.7 Å². The van der Waals surface area contributed by atoms with Crippen LogP contribution in [0.2, 0.25) is 0 Å². The lowest BCUT2D eigenvalue weighted by atomic mass is 10.2. The molecule has 0 unspecified atom stereocenters. The molecule has 2 rings (SSSR count). The Hall–Kier alpha value is -2.40. The Kier molecular flexibility index (Phi) is 6.56. The van der Waals surface area contributed by atoms with Crippen molar-refractivity contribution in [3.05, 3.63) is 59.9 Å². The molecular formula is C18H23N3O2. The van der Waals surface area contributed by atoms with E-state index in [2.05, 4.69) is 15.2 Å². The molecule has 1 amide bonds. The summed E-state index contributed by atoms with van der Waals surface area (Å²) in [5.74, 6) is 0.712. The Labute approximate surface area is 137 Å². The number of carbonyl (C=O) groups excluding carboxylic acids is 1. The van der Waals surface area contributed by atoms with E-state index in [1.807, 2.05) is 50.5 Å². The average Bonchev–Trinajstić information content (AvgIpc) is 2.58. The second-order valence-corrected chi connectivity index (χ2v) is 5.55. The first-order chi connectivity index (χ1) is 11.1. The number of hydrogen-bond donors (Lipinski definition) is 1. The second kappa shape index (κ2) is 8.90. The van der Waals surface area contributed by atoms with Crippen molar-refractivity contribution in [1.82, 2.24) is 15.2 Å². The maximum absolute atomic E-state index is 12.0. The van der Waals surface area contributed by atoms with Crippen molar-refractivity contribution in [2.24, 2.45) is 0 Å². The van der Waals surface area contributed by atoms with Gasteiger partial charge in [0.25, 0.3) is 5.91 Å². The molecule has 2 aromatic rings. The van der Waals surface area contributed by atoms with Crippen LogP contribution in [-0.4, -0.2) is 43.0 Å². The number of rotatable bonds is 8. The van der Waals surface area contributed by atoms with Crippen molar-refractivity contribution < 1.29 is 9.53 Å². The summed E-state index contributed by atoms with van der Waals surface area (Å²) in [6.45, 7) is 2.00. The minimum absolute atomic E-state index is 0.0909. The lowest BCUT2D eigenvalue weighted by Gasteiger charge is -2.10. The molecule has 0 spiro atoms. The largest absolute Gasteiger partial charge is 0.487 e. The van der Waals surface area contributed by atoms with E-state index in [0.29, 0.717) is 18.7 Å². The summed E-state index contributed by atoms with van der Waals surface area (Å²) in [5.41, 5.74) is 1.36. The zero-order valence-corrected chi connectivity index (χ0v) is 13.7. The predicted molar refractivity (Wildman–Crippen MR) is 90.5 cm³/mol. The highest BCUT2D eigenvalue weighted by Gasteiger charge is 2.06. The molecule has 0 radical (unpaired) electrons. The lowest BCUT2D eigenvalue weighted by Crippen LogP contribution is -2.27. The van der Waals surface area contributed by atoms with E-state index < -0.39 is 0 Å². The van der Waals surface area contributed by atoms with Gasteiger partial charge in [-0.3, -0.25) is 9.78 Å². The molecular weight excluding hydrogens is 290 g/mol. The number of benzene rings is 1. The maximum Gasteiger partial charge on any atom is 0.252 e. The summed E-state index contributed by atoms with van der Waals surface area (Å²) >= 11 is 0.